The van der Waals surface area contributed by atoms with Gasteiger partial charge in [-0.2, -0.15) is 0 Å². The van der Waals surface area contributed by atoms with Crippen LogP contribution in [-0.4, -0.2) is 11.9 Å². The summed E-state index contributed by atoms with van der Waals surface area (Å²) in [7, 11) is 0. The average molecular weight is 234 g/mol. The molecule has 0 aliphatic carbocycles. The molecular weight excluding hydrogens is 220 g/mol. The van der Waals surface area contributed by atoms with Crippen molar-refractivity contribution in [3.05, 3.63) is 41.7 Å². The van der Waals surface area contributed by atoms with Gasteiger partial charge in [-0.1, -0.05) is 6.58 Å². The molecule has 4 nitrogen and oxygen atoms in total. The van der Waals surface area contributed by atoms with Crippen molar-refractivity contribution >= 4 is 11.9 Å². The Balaban J connectivity index is 3.02. The Morgan fingerprint density at radius 2 is 1.76 bits per heavy atom. The van der Waals surface area contributed by atoms with Crippen molar-refractivity contribution in [2.45, 2.75) is 20.8 Å². The summed E-state index contributed by atoms with van der Waals surface area (Å²) in [5.41, 5.74) is 2.17. The molecule has 0 unspecified atom stereocenters. The molecule has 0 heterocycles. The van der Waals surface area contributed by atoms with Gasteiger partial charge in [0.15, 0.2) is 5.78 Å². The van der Waals surface area contributed by atoms with Crippen LogP contribution >= 0.6 is 0 Å². The molecule has 0 fully saturated rings. The molecule has 0 aliphatic heterocycles. The first-order valence-corrected chi connectivity index (χ1v) is 5.07. The lowest BCUT2D eigenvalue weighted by molar-refractivity contribution is 0.101. The molecule has 0 radical (unpaired) electrons. The molecule has 0 amide bonds. The topological polar surface area (TPSA) is 52.6 Å². The summed E-state index contributed by atoms with van der Waals surface area (Å²) in [4.78, 5) is 22.4. The second kappa shape index (κ2) is 5.30. The van der Waals surface area contributed by atoms with Gasteiger partial charge in [-0.05, 0) is 44.0 Å². The fraction of sp³-hybridized carbons (Fsp3) is 0.231. The first-order chi connectivity index (χ1) is 7.95. The summed E-state index contributed by atoms with van der Waals surface area (Å²) < 4.78 is 9.35. The van der Waals surface area contributed by atoms with Gasteiger partial charge in [-0.15, -0.1) is 0 Å². The number of rotatable bonds is 3. The Labute approximate surface area is 99.8 Å². The highest BCUT2D eigenvalue weighted by atomic mass is 16.7. The number of aryl methyl sites for hydroxylation is 2. The Morgan fingerprint density at radius 3 is 2.18 bits per heavy atom. The minimum Gasteiger partial charge on any atom is -0.403 e. The first-order valence-electron chi connectivity index (χ1n) is 5.07. The Morgan fingerprint density at radius 1 is 1.24 bits per heavy atom. The van der Waals surface area contributed by atoms with Crippen molar-refractivity contribution in [1.82, 2.24) is 0 Å². The number of ether oxygens (including phenoxy) is 2. The highest BCUT2D eigenvalue weighted by Crippen LogP contribution is 2.22. The molecule has 0 saturated carbocycles. The third-order valence-electron chi connectivity index (χ3n) is 2.24. The third kappa shape index (κ3) is 3.17. The van der Waals surface area contributed by atoms with E-state index in [4.69, 9.17) is 4.74 Å². The predicted octanol–water partition coefficient (Wildman–Crippen LogP) is 3.16. The summed E-state index contributed by atoms with van der Waals surface area (Å²) in [5.74, 6) is 0.331. The average Bonchev–Trinajstić information content (AvgIpc) is 2.15. The SMILES string of the molecule is C=COC(=O)Oc1cc(C)c(C(C)=O)c(C)c1. The predicted molar refractivity (Wildman–Crippen MR) is 63.2 cm³/mol. The molecule has 0 bridgehead atoms. The van der Waals surface area contributed by atoms with E-state index in [2.05, 4.69) is 11.3 Å². The van der Waals surface area contributed by atoms with Crippen LogP contribution in [0.1, 0.15) is 28.4 Å². The van der Waals surface area contributed by atoms with Gasteiger partial charge in [0.2, 0.25) is 0 Å². The van der Waals surface area contributed by atoms with Crippen LogP contribution in [0.5, 0.6) is 5.75 Å². The zero-order chi connectivity index (χ0) is 13.0. The Hall–Kier alpha value is -2.10. The largest absolute Gasteiger partial charge is 0.518 e. The maximum absolute atomic E-state index is 11.4. The van der Waals surface area contributed by atoms with Gasteiger partial charge in [0.05, 0.1) is 6.26 Å². The molecule has 17 heavy (non-hydrogen) atoms. The van der Waals surface area contributed by atoms with Crippen LogP contribution in [0.15, 0.2) is 25.0 Å². The molecule has 0 N–H and O–H groups in total. The molecule has 0 atom stereocenters. The molecule has 1 rings (SSSR count). The highest BCUT2D eigenvalue weighted by molar-refractivity contribution is 5.97. The van der Waals surface area contributed by atoms with Crippen LogP contribution in [0.4, 0.5) is 4.79 Å². The molecule has 1 aromatic carbocycles. The number of carbonyl (C=O) groups excluding carboxylic acids is 2. The van der Waals surface area contributed by atoms with Gasteiger partial charge >= 0.3 is 6.16 Å². The van der Waals surface area contributed by atoms with Crippen molar-refractivity contribution in [1.29, 1.82) is 0 Å². The molecule has 0 spiro atoms. The van der Waals surface area contributed by atoms with Gasteiger partial charge in [0, 0.05) is 5.56 Å². The van der Waals surface area contributed by atoms with Crippen molar-refractivity contribution in [3.63, 3.8) is 0 Å². The van der Waals surface area contributed by atoms with Crippen molar-refractivity contribution < 1.29 is 19.1 Å². The fourth-order valence-electron chi connectivity index (χ4n) is 1.73. The van der Waals surface area contributed by atoms with E-state index in [9.17, 15) is 9.59 Å². The quantitative estimate of drug-likeness (QED) is 0.349. The molecule has 4 heteroatoms. The third-order valence-corrected chi connectivity index (χ3v) is 2.24. The molecule has 0 saturated heterocycles. The highest BCUT2D eigenvalue weighted by Gasteiger charge is 2.12. The minimum atomic E-state index is -0.852. The van der Waals surface area contributed by atoms with Crippen molar-refractivity contribution in [2.75, 3.05) is 0 Å². The number of hydrogen-bond acceptors (Lipinski definition) is 4. The second-order valence-electron chi connectivity index (χ2n) is 3.62. The summed E-state index contributed by atoms with van der Waals surface area (Å²) in [5, 5.41) is 0. The second-order valence-corrected chi connectivity index (χ2v) is 3.62. The standard InChI is InChI=1S/C13H14O4/c1-5-16-13(15)17-11-6-8(2)12(10(4)14)9(3)7-11/h5-7H,1H2,2-4H3. The lowest BCUT2D eigenvalue weighted by Gasteiger charge is -2.09. The number of carbonyl (C=O) groups is 2. The fourth-order valence-corrected chi connectivity index (χ4v) is 1.73. The van der Waals surface area contributed by atoms with Crippen LogP contribution < -0.4 is 4.74 Å². The maximum atomic E-state index is 11.4. The normalized spacial score (nSPS) is 9.59. The zero-order valence-corrected chi connectivity index (χ0v) is 10.1. The van der Waals surface area contributed by atoms with E-state index in [0.29, 0.717) is 11.3 Å². The minimum absolute atomic E-state index is 0.0137. The maximum Gasteiger partial charge on any atom is 0.518 e. The van der Waals surface area contributed by atoms with Crippen LogP contribution in [0.3, 0.4) is 0 Å². The summed E-state index contributed by atoms with van der Waals surface area (Å²) in [6.45, 7) is 8.32. The Bertz CT molecular complexity index is 451. The van der Waals surface area contributed by atoms with Gasteiger partial charge in [0.25, 0.3) is 0 Å². The lowest BCUT2D eigenvalue weighted by Crippen LogP contribution is -2.08. The monoisotopic (exact) mass is 234 g/mol. The number of Topliss-reactive ketones (excluding diaryl/α,β-unsaturated/α-hetero) is 1. The van der Waals surface area contributed by atoms with Gasteiger partial charge < -0.3 is 9.47 Å². The molecule has 0 aliphatic rings. The summed E-state index contributed by atoms with van der Waals surface area (Å²) in [6, 6.07) is 3.24. The van der Waals surface area contributed by atoms with Gasteiger partial charge in [0.1, 0.15) is 5.75 Å². The van der Waals surface area contributed by atoms with Gasteiger partial charge in [-0.3, -0.25) is 4.79 Å². The molecular formula is C13H14O4. The van der Waals surface area contributed by atoms with E-state index in [0.717, 1.165) is 17.4 Å². The van der Waals surface area contributed by atoms with Crippen LogP contribution in [0.25, 0.3) is 0 Å². The molecule has 0 aromatic heterocycles. The van der Waals surface area contributed by atoms with Crippen LogP contribution in [0, 0.1) is 13.8 Å². The number of hydrogen-bond donors (Lipinski definition) is 0. The van der Waals surface area contributed by atoms with E-state index in [-0.39, 0.29) is 5.78 Å². The van der Waals surface area contributed by atoms with E-state index in [1.54, 1.807) is 26.0 Å². The van der Waals surface area contributed by atoms with E-state index in [1.165, 1.54) is 6.92 Å². The molecule has 90 valence electrons. The summed E-state index contributed by atoms with van der Waals surface area (Å²) >= 11 is 0. The smallest absolute Gasteiger partial charge is 0.403 e. The lowest BCUT2D eigenvalue weighted by atomic mass is 9.99. The van der Waals surface area contributed by atoms with E-state index < -0.39 is 6.16 Å². The Kier molecular flexibility index (Phi) is 4.04. The van der Waals surface area contributed by atoms with Crippen LogP contribution in [0.2, 0.25) is 0 Å². The summed E-state index contributed by atoms with van der Waals surface area (Å²) in [6.07, 6.45) is 0.140. The van der Waals surface area contributed by atoms with E-state index in [1.807, 2.05) is 0 Å². The number of benzene rings is 1. The molecule has 1 aromatic rings. The van der Waals surface area contributed by atoms with Gasteiger partial charge in [-0.25, -0.2) is 4.79 Å². The van der Waals surface area contributed by atoms with Crippen molar-refractivity contribution in [3.8, 4) is 5.75 Å². The van der Waals surface area contributed by atoms with Crippen molar-refractivity contribution in [2.24, 2.45) is 0 Å². The zero-order valence-electron chi connectivity index (χ0n) is 10.1. The van der Waals surface area contributed by atoms with E-state index >= 15 is 0 Å². The van der Waals surface area contributed by atoms with Crippen LogP contribution in [-0.2, 0) is 4.74 Å². The first kappa shape index (κ1) is 13.0. The number of ketones is 1.